The van der Waals surface area contributed by atoms with Crippen LogP contribution in [0.3, 0.4) is 0 Å². The van der Waals surface area contributed by atoms with Crippen LogP contribution in [0, 0.1) is 13.8 Å². The van der Waals surface area contributed by atoms with Crippen LogP contribution in [0.15, 0.2) is 17.0 Å². The molecule has 0 spiro atoms. The standard InChI is InChI=1S/C11H16ClNO4S2/c1-4-5-18(14,15)13-10-6-9(3)11(7-8(10)2)19(12,16)17/h6-7,13H,4-5H2,1-3H3. The molecule has 1 aromatic rings. The smallest absolute Gasteiger partial charge is 0.261 e. The van der Waals surface area contributed by atoms with Gasteiger partial charge in [0.2, 0.25) is 10.0 Å². The van der Waals surface area contributed by atoms with Gasteiger partial charge in [0.15, 0.2) is 0 Å². The lowest BCUT2D eigenvalue weighted by Gasteiger charge is -2.12. The van der Waals surface area contributed by atoms with E-state index in [9.17, 15) is 16.8 Å². The first-order valence-electron chi connectivity index (χ1n) is 5.63. The van der Waals surface area contributed by atoms with E-state index in [1.807, 2.05) is 0 Å². The first-order chi connectivity index (χ1) is 8.57. The van der Waals surface area contributed by atoms with Gasteiger partial charge in [-0.1, -0.05) is 6.92 Å². The van der Waals surface area contributed by atoms with Crippen molar-refractivity contribution in [3.05, 3.63) is 23.3 Å². The summed E-state index contributed by atoms with van der Waals surface area (Å²) in [4.78, 5) is -0.00916. The Kier molecular flexibility index (Phi) is 4.86. The molecule has 0 atom stereocenters. The van der Waals surface area contributed by atoms with Gasteiger partial charge in [0.25, 0.3) is 9.05 Å². The Hall–Kier alpha value is -0.790. The van der Waals surface area contributed by atoms with Crippen LogP contribution >= 0.6 is 10.7 Å². The highest BCUT2D eigenvalue weighted by atomic mass is 35.7. The lowest BCUT2D eigenvalue weighted by atomic mass is 10.1. The van der Waals surface area contributed by atoms with Crippen molar-refractivity contribution >= 4 is 35.4 Å². The molecule has 0 saturated carbocycles. The number of hydrogen-bond acceptors (Lipinski definition) is 4. The Morgan fingerprint density at radius 2 is 1.68 bits per heavy atom. The van der Waals surface area contributed by atoms with Gasteiger partial charge >= 0.3 is 0 Å². The molecule has 0 aliphatic heterocycles. The number of anilines is 1. The maximum Gasteiger partial charge on any atom is 0.261 e. The number of halogens is 1. The Labute approximate surface area is 118 Å². The number of rotatable bonds is 5. The molecule has 0 fully saturated rings. The highest BCUT2D eigenvalue weighted by Crippen LogP contribution is 2.27. The molecule has 0 amide bonds. The predicted octanol–water partition coefficient (Wildman–Crippen LogP) is 2.38. The highest BCUT2D eigenvalue weighted by molar-refractivity contribution is 8.13. The summed E-state index contributed by atoms with van der Waals surface area (Å²) in [6.07, 6.45) is 0.501. The Morgan fingerprint density at radius 3 is 2.16 bits per heavy atom. The van der Waals surface area contributed by atoms with E-state index in [0.717, 1.165) is 0 Å². The second-order valence-electron chi connectivity index (χ2n) is 4.29. The second kappa shape index (κ2) is 5.68. The van der Waals surface area contributed by atoms with Crippen LogP contribution in [0.2, 0.25) is 0 Å². The minimum absolute atomic E-state index is 0.00916. The third-order valence-electron chi connectivity index (χ3n) is 2.52. The van der Waals surface area contributed by atoms with Gasteiger partial charge in [0.05, 0.1) is 16.3 Å². The third kappa shape index (κ3) is 4.36. The largest absolute Gasteiger partial charge is 0.283 e. The summed E-state index contributed by atoms with van der Waals surface area (Å²) in [5.74, 6) is 0.0149. The molecule has 1 N–H and O–H groups in total. The van der Waals surface area contributed by atoms with Gasteiger partial charge in [0, 0.05) is 10.7 Å². The number of nitrogens with one attached hydrogen (secondary N) is 1. The van der Waals surface area contributed by atoms with Gasteiger partial charge in [-0.3, -0.25) is 4.72 Å². The van der Waals surface area contributed by atoms with E-state index in [0.29, 0.717) is 23.2 Å². The number of sulfonamides is 1. The van der Waals surface area contributed by atoms with Crippen molar-refractivity contribution in [3.8, 4) is 0 Å². The van der Waals surface area contributed by atoms with Crippen LogP contribution < -0.4 is 4.72 Å². The summed E-state index contributed by atoms with van der Waals surface area (Å²) in [6, 6.07) is 2.83. The normalized spacial score (nSPS) is 12.4. The maximum atomic E-state index is 11.7. The fourth-order valence-electron chi connectivity index (χ4n) is 1.65. The number of benzene rings is 1. The van der Waals surface area contributed by atoms with Crippen LogP contribution in [-0.2, 0) is 19.1 Å². The van der Waals surface area contributed by atoms with Crippen molar-refractivity contribution in [2.24, 2.45) is 0 Å². The van der Waals surface area contributed by atoms with E-state index in [1.165, 1.54) is 12.1 Å². The number of hydrogen-bond donors (Lipinski definition) is 1. The van der Waals surface area contributed by atoms with Crippen LogP contribution in [0.25, 0.3) is 0 Å². The summed E-state index contributed by atoms with van der Waals surface area (Å²) in [5.41, 5.74) is 1.27. The minimum Gasteiger partial charge on any atom is -0.283 e. The van der Waals surface area contributed by atoms with Crippen molar-refractivity contribution in [1.29, 1.82) is 0 Å². The van der Waals surface area contributed by atoms with Crippen molar-refractivity contribution < 1.29 is 16.8 Å². The monoisotopic (exact) mass is 325 g/mol. The van der Waals surface area contributed by atoms with Gasteiger partial charge in [-0.2, -0.15) is 0 Å². The van der Waals surface area contributed by atoms with E-state index in [2.05, 4.69) is 4.72 Å². The maximum absolute atomic E-state index is 11.7. The molecule has 0 aliphatic rings. The molecule has 0 radical (unpaired) electrons. The van der Waals surface area contributed by atoms with Crippen LogP contribution in [0.5, 0.6) is 0 Å². The summed E-state index contributed by atoms with van der Waals surface area (Å²) in [5, 5.41) is 0. The molecule has 5 nitrogen and oxygen atoms in total. The topological polar surface area (TPSA) is 80.3 Å². The van der Waals surface area contributed by atoms with Crippen molar-refractivity contribution in [2.75, 3.05) is 10.5 Å². The SMILES string of the molecule is CCCS(=O)(=O)Nc1cc(C)c(S(=O)(=O)Cl)cc1C. The Bertz CT molecular complexity index is 681. The number of aryl methyl sites for hydroxylation is 2. The van der Waals surface area contributed by atoms with Gasteiger partial charge in [-0.05, 0) is 43.5 Å². The fraction of sp³-hybridized carbons (Fsp3) is 0.455. The van der Waals surface area contributed by atoms with Gasteiger partial charge in [-0.25, -0.2) is 16.8 Å². The molecule has 108 valence electrons. The van der Waals surface area contributed by atoms with Gasteiger partial charge < -0.3 is 0 Å². The molecule has 19 heavy (non-hydrogen) atoms. The van der Waals surface area contributed by atoms with Crippen molar-refractivity contribution in [2.45, 2.75) is 32.1 Å². The molecule has 0 aliphatic carbocycles. The molecule has 0 saturated heterocycles. The first kappa shape index (κ1) is 16.3. The van der Waals surface area contributed by atoms with Gasteiger partial charge in [-0.15, -0.1) is 0 Å². The zero-order chi connectivity index (χ0) is 14.8. The van der Waals surface area contributed by atoms with Gasteiger partial charge in [0.1, 0.15) is 0 Å². The van der Waals surface area contributed by atoms with E-state index in [-0.39, 0.29) is 10.6 Å². The molecule has 1 rings (SSSR count). The summed E-state index contributed by atoms with van der Waals surface area (Å²) >= 11 is 0. The molecule has 1 aromatic carbocycles. The minimum atomic E-state index is -3.83. The fourth-order valence-corrected chi connectivity index (χ4v) is 4.10. The lowest BCUT2D eigenvalue weighted by Crippen LogP contribution is -2.17. The second-order valence-corrected chi connectivity index (χ2v) is 8.67. The Balaban J connectivity index is 3.25. The Morgan fingerprint density at radius 1 is 1.11 bits per heavy atom. The molecule has 0 aromatic heterocycles. The predicted molar refractivity (Wildman–Crippen MR) is 76.7 cm³/mol. The van der Waals surface area contributed by atoms with E-state index >= 15 is 0 Å². The highest BCUT2D eigenvalue weighted by Gasteiger charge is 2.17. The van der Waals surface area contributed by atoms with Crippen LogP contribution in [-0.4, -0.2) is 22.6 Å². The zero-order valence-electron chi connectivity index (χ0n) is 10.9. The molecule has 0 heterocycles. The summed E-state index contributed by atoms with van der Waals surface area (Å²) in [7, 11) is -1.93. The molecule has 0 unspecified atom stereocenters. The first-order valence-corrected chi connectivity index (χ1v) is 9.59. The molecular formula is C11H16ClNO4S2. The van der Waals surface area contributed by atoms with E-state index < -0.39 is 19.1 Å². The lowest BCUT2D eigenvalue weighted by molar-refractivity contribution is 0.599. The van der Waals surface area contributed by atoms with Crippen molar-refractivity contribution in [1.82, 2.24) is 0 Å². The third-order valence-corrected chi connectivity index (χ3v) is 5.46. The van der Waals surface area contributed by atoms with Crippen LogP contribution in [0.1, 0.15) is 24.5 Å². The quantitative estimate of drug-likeness (QED) is 0.843. The summed E-state index contributed by atoms with van der Waals surface area (Å²) in [6.45, 7) is 4.95. The van der Waals surface area contributed by atoms with E-state index in [4.69, 9.17) is 10.7 Å². The van der Waals surface area contributed by atoms with E-state index in [1.54, 1.807) is 20.8 Å². The summed E-state index contributed by atoms with van der Waals surface area (Å²) < 4.78 is 48.5. The zero-order valence-corrected chi connectivity index (χ0v) is 13.3. The van der Waals surface area contributed by atoms with Crippen molar-refractivity contribution in [3.63, 3.8) is 0 Å². The molecule has 0 bridgehead atoms. The average molecular weight is 326 g/mol. The molecule has 8 heteroatoms. The molecular weight excluding hydrogens is 310 g/mol. The van der Waals surface area contributed by atoms with Crippen LogP contribution in [0.4, 0.5) is 5.69 Å². The average Bonchev–Trinajstić information content (AvgIpc) is 2.20.